The van der Waals surface area contributed by atoms with Gasteiger partial charge in [0.15, 0.2) is 0 Å². The summed E-state index contributed by atoms with van der Waals surface area (Å²) in [5.74, 6) is -1.12. The van der Waals surface area contributed by atoms with Crippen molar-refractivity contribution in [1.82, 2.24) is 0 Å². The lowest BCUT2D eigenvalue weighted by Gasteiger charge is -2.08. The molecule has 0 aliphatic carbocycles. The van der Waals surface area contributed by atoms with E-state index in [1.807, 2.05) is 0 Å². The van der Waals surface area contributed by atoms with Crippen LogP contribution < -0.4 is 4.74 Å². The number of nitrogens with zero attached hydrogens (tertiary/aromatic N) is 1. The van der Waals surface area contributed by atoms with Crippen molar-refractivity contribution in [2.45, 2.75) is 0 Å². The molecule has 108 valence electrons. The minimum atomic E-state index is -1.26. The normalized spacial score (nSPS) is 10.2. The second-order valence-corrected chi connectivity index (χ2v) is 5.24. The zero-order valence-corrected chi connectivity index (χ0v) is 12.6. The highest BCUT2D eigenvalue weighted by Crippen LogP contribution is 2.36. The lowest BCUT2D eigenvalue weighted by Crippen LogP contribution is -2.00. The first kappa shape index (κ1) is 15.3. The monoisotopic (exact) mass is 371 g/mol. The van der Waals surface area contributed by atoms with E-state index in [9.17, 15) is 14.9 Å². The third kappa shape index (κ3) is 3.50. The molecule has 0 aromatic heterocycles. The molecule has 0 aliphatic rings. The van der Waals surface area contributed by atoms with Crippen LogP contribution in [-0.4, -0.2) is 16.0 Å². The maximum Gasteiger partial charge on any atom is 0.335 e. The molecule has 0 unspecified atom stereocenters. The van der Waals surface area contributed by atoms with Crippen molar-refractivity contribution in [2.75, 3.05) is 0 Å². The summed E-state index contributed by atoms with van der Waals surface area (Å²) in [5.41, 5.74) is -0.648. The number of nitro groups is 1. The summed E-state index contributed by atoms with van der Waals surface area (Å²) in [6.45, 7) is 0. The van der Waals surface area contributed by atoms with Crippen LogP contribution in [-0.2, 0) is 0 Å². The lowest BCUT2D eigenvalue weighted by atomic mass is 10.2. The predicted molar refractivity (Wildman–Crippen MR) is 79.3 cm³/mol. The van der Waals surface area contributed by atoms with Crippen LogP contribution >= 0.6 is 27.5 Å². The van der Waals surface area contributed by atoms with Gasteiger partial charge in [0.25, 0.3) is 0 Å². The van der Waals surface area contributed by atoms with Gasteiger partial charge < -0.3 is 9.84 Å². The minimum absolute atomic E-state index is 0.0887. The van der Waals surface area contributed by atoms with Crippen molar-refractivity contribution >= 4 is 39.2 Å². The number of aromatic carboxylic acids is 1. The van der Waals surface area contributed by atoms with Crippen LogP contribution in [0.15, 0.2) is 40.9 Å². The number of carboxylic acid groups (broad SMARTS) is 1. The quantitative estimate of drug-likeness (QED) is 0.630. The van der Waals surface area contributed by atoms with Gasteiger partial charge >= 0.3 is 11.7 Å². The summed E-state index contributed by atoms with van der Waals surface area (Å²) in [6.07, 6.45) is 0. The van der Waals surface area contributed by atoms with Gasteiger partial charge in [0.05, 0.1) is 15.5 Å². The first-order valence-electron chi connectivity index (χ1n) is 5.53. The van der Waals surface area contributed by atoms with Crippen molar-refractivity contribution in [3.8, 4) is 11.5 Å². The summed E-state index contributed by atoms with van der Waals surface area (Å²) < 4.78 is 6.14. The standard InChI is InChI=1S/C13H7BrClNO5/c14-8-2-4-11(9(15)6-8)21-12-3-1-7(13(17)18)5-10(12)16(19)20/h1-6H,(H,17,18). The largest absolute Gasteiger partial charge is 0.478 e. The number of hydrogen-bond acceptors (Lipinski definition) is 4. The van der Waals surface area contributed by atoms with Gasteiger partial charge in [-0.05, 0) is 30.3 Å². The number of hydrogen-bond donors (Lipinski definition) is 1. The van der Waals surface area contributed by atoms with Crippen LogP contribution in [0.5, 0.6) is 11.5 Å². The summed E-state index contributed by atoms with van der Waals surface area (Å²) >= 11 is 9.21. The fourth-order valence-corrected chi connectivity index (χ4v) is 2.27. The van der Waals surface area contributed by atoms with E-state index < -0.39 is 16.6 Å². The summed E-state index contributed by atoms with van der Waals surface area (Å²) in [7, 11) is 0. The number of nitro benzene ring substituents is 1. The average Bonchev–Trinajstić information content (AvgIpc) is 2.41. The molecule has 0 amide bonds. The summed E-state index contributed by atoms with van der Waals surface area (Å²) in [6, 6.07) is 8.16. The van der Waals surface area contributed by atoms with Crippen LogP contribution in [0.1, 0.15) is 10.4 Å². The van der Waals surface area contributed by atoms with Crippen molar-refractivity contribution < 1.29 is 19.6 Å². The van der Waals surface area contributed by atoms with Gasteiger partial charge in [0, 0.05) is 10.5 Å². The van der Waals surface area contributed by atoms with Crippen LogP contribution in [0.3, 0.4) is 0 Å². The van der Waals surface area contributed by atoms with Crippen molar-refractivity contribution in [3.63, 3.8) is 0 Å². The Bertz CT molecular complexity index is 734. The average molecular weight is 373 g/mol. The van der Waals surface area contributed by atoms with Gasteiger partial charge in [0.2, 0.25) is 5.75 Å². The van der Waals surface area contributed by atoms with Gasteiger partial charge in [0.1, 0.15) is 5.75 Å². The van der Waals surface area contributed by atoms with E-state index in [4.69, 9.17) is 21.4 Å². The van der Waals surface area contributed by atoms with Crippen LogP contribution in [0, 0.1) is 10.1 Å². The minimum Gasteiger partial charge on any atom is -0.478 e. The van der Waals surface area contributed by atoms with E-state index >= 15 is 0 Å². The Kier molecular flexibility index (Phi) is 4.44. The zero-order valence-electron chi connectivity index (χ0n) is 10.2. The second kappa shape index (κ2) is 6.11. The Balaban J connectivity index is 2.44. The topological polar surface area (TPSA) is 89.7 Å². The van der Waals surface area contributed by atoms with E-state index in [0.717, 1.165) is 10.5 Å². The van der Waals surface area contributed by atoms with E-state index in [2.05, 4.69) is 15.9 Å². The highest BCUT2D eigenvalue weighted by atomic mass is 79.9. The number of benzene rings is 2. The molecule has 0 bridgehead atoms. The lowest BCUT2D eigenvalue weighted by molar-refractivity contribution is -0.385. The molecule has 0 spiro atoms. The number of halogens is 2. The molecule has 0 fully saturated rings. The van der Waals surface area contributed by atoms with Crippen molar-refractivity contribution in [1.29, 1.82) is 0 Å². The second-order valence-electron chi connectivity index (χ2n) is 3.92. The van der Waals surface area contributed by atoms with Gasteiger partial charge in [-0.25, -0.2) is 4.79 Å². The molecule has 0 radical (unpaired) electrons. The first-order chi connectivity index (χ1) is 9.88. The molecule has 8 heteroatoms. The maximum atomic E-state index is 11.0. The Morgan fingerprint density at radius 2 is 1.90 bits per heavy atom. The van der Waals surface area contributed by atoms with Crippen molar-refractivity contribution in [3.05, 3.63) is 61.6 Å². The summed E-state index contributed by atoms with van der Waals surface area (Å²) in [5, 5.41) is 20.1. The first-order valence-corrected chi connectivity index (χ1v) is 6.70. The third-order valence-electron chi connectivity index (χ3n) is 2.52. The van der Waals surface area contributed by atoms with E-state index in [-0.39, 0.29) is 22.1 Å². The number of ether oxygens (including phenoxy) is 1. The van der Waals surface area contributed by atoms with E-state index in [1.165, 1.54) is 12.1 Å². The van der Waals surface area contributed by atoms with Gasteiger partial charge in [-0.15, -0.1) is 0 Å². The predicted octanol–water partition coefficient (Wildman–Crippen LogP) is 4.50. The molecule has 0 aliphatic heterocycles. The Morgan fingerprint density at radius 1 is 1.24 bits per heavy atom. The highest BCUT2D eigenvalue weighted by molar-refractivity contribution is 9.10. The molecule has 0 saturated carbocycles. The molecule has 0 atom stereocenters. The Morgan fingerprint density at radius 3 is 2.48 bits per heavy atom. The fourth-order valence-electron chi connectivity index (χ4n) is 1.56. The summed E-state index contributed by atoms with van der Waals surface area (Å²) in [4.78, 5) is 21.2. The number of carboxylic acids is 1. The molecule has 0 saturated heterocycles. The molecule has 0 heterocycles. The van der Waals surface area contributed by atoms with E-state index in [1.54, 1.807) is 18.2 Å². The molecule has 1 N–H and O–H groups in total. The van der Waals surface area contributed by atoms with E-state index in [0.29, 0.717) is 0 Å². The van der Waals surface area contributed by atoms with Gasteiger partial charge in [-0.3, -0.25) is 10.1 Å². The molecule has 6 nitrogen and oxygen atoms in total. The van der Waals surface area contributed by atoms with Crippen LogP contribution in [0.25, 0.3) is 0 Å². The van der Waals surface area contributed by atoms with Crippen LogP contribution in [0.2, 0.25) is 5.02 Å². The molecule has 2 aromatic carbocycles. The van der Waals surface area contributed by atoms with Crippen LogP contribution in [0.4, 0.5) is 5.69 Å². The highest BCUT2D eigenvalue weighted by Gasteiger charge is 2.19. The Labute approximate surface area is 132 Å². The third-order valence-corrected chi connectivity index (χ3v) is 3.31. The number of carbonyl (C=O) groups is 1. The molecular weight excluding hydrogens is 366 g/mol. The smallest absolute Gasteiger partial charge is 0.335 e. The van der Waals surface area contributed by atoms with Crippen molar-refractivity contribution in [2.24, 2.45) is 0 Å². The molecule has 2 rings (SSSR count). The fraction of sp³-hybridized carbons (Fsp3) is 0. The molecular formula is C13H7BrClNO5. The van der Waals surface area contributed by atoms with Gasteiger partial charge in [-0.1, -0.05) is 27.5 Å². The maximum absolute atomic E-state index is 11.0. The Hall–Kier alpha value is -2.12. The SMILES string of the molecule is O=C(O)c1ccc(Oc2ccc(Br)cc2Cl)c([N+](=O)[O-])c1. The molecule has 21 heavy (non-hydrogen) atoms. The number of rotatable bonds is 4. The zero-order chi connectivity index (χ0) is 15.6. The van der Waals surface area contributed by atoms with Gasteiger partial charge in [-0.2, -0.15) is 0 Å². The molecule has 2 aromatic rings.